The monoisotopic (exact) mass is 226 g/mol. The van der Waals surface area contributed by atoms with Gasteiger partial charge in [-0.2, -0.15) is 0 Å². The molecule has 0 saturated heterocycles. The van der Waals surface area contributed by atoms with E-state index in [1.165, 1.54) is 12.8 Å². The topological polar surface area (TPSA) is 36.4 Å². The maximum absolute atomic E-state index is 9.19. The predicted molar refractivity (Wildman–Crippen MR) is 63.4 cm³/mol. The van der Waals surface area contributed by atoms with Crippen molar-refractivity contribution in [1.29, 1.82) is 0 Å². The molecule has 0 radical (unpaired) electrons. The molecular weight excluding hydrogens is 208 g/mol. The molecule has 84 valence electrons. The second-order valence-electron chi connectivity index (χ2n) is 4.20. The van der Waals surface area contributed by atoms with Crippen molar-refractivity contribution in [3.63, 3.8) is 0 Å². The molecule has 1 aromatic rings. The Balaban J connectivity index is 2.08. The minimum absolute atomic E-state index is 0.123. The molecule has 3 nitrogen and oxygen atoms in total. The molecule has 1 N–H and O–H groups in total. The molecule has 1 fully saturated rings. The van der Waals surface area contributed by atoms with Gasteiger partial charge >= 0.3 is 0 Å². The van der Waals surface area contributed by atoms with Crippen molar-refractivity contribution in [1.82, 2.24) is 4.98 Å². The predicted octanol–water partition coefficient (Wildman–Crippen LogP) is 2.04. The van der Waals surface area contributed by atoms with Gasteiger partial charge in [0.25, 0.3) is 0 Å². The molecule has 2 rings (SSSR count). The van der Waals surface area contributed by atoms with Crippen LogP contribution in [0.25, 0.3) is 0 Å². The summed E-state index contributed by atoms with van der Waals surface area (Å²) in [4.78, 5) is 7.81. The molecule has 0 spiro atoms. The molecule has 1 heterocycles. The third-order valence-corrected chi connectivity index (χ3v) is 4.00. The first-order chi connectivity index (χ1) is 7.24. The summed E-state index contributed by atoms with van der Waals surface area (Å²) in [5, 5.41) is 10.2. The van der Waals surface area contributed by atoms with Crippen LogP contribution in [0.2, 0.25) is 0 Å². The standard InChI is InChI=1S/C11H18N2OS/c1-3-9-10(7-14)15-11(12-9)13(2)6-8-4-5-8/h8,14H,3-7H2,1-2H3. The minimum Gasteiger partial charge on any atom is -0.391 e. The summed E-state index contributed by atoms with van der Waals surface area (Å²) < 4.78 is 0. The van der Waals surface area contributed by atoms with Gasteiger partial charge in [0, 0.05) is 13.6 Å². The largest absolute Gasteiger partial charge is 0.391 e. The average Bonchev–Trinajstić information content (AvgIpc) is 2.95. The quantitative estimate of drug-likeness (QED) is 0.834. The number of rotatable bonds is 5. The molecule has 1 aliphatic carbocycles. The Bertz CT molecular complexity index is 312. The second kappa shape index (κ2) is 4.49. The van der Waals surface area contributed by atoms with Crippen LogP contribution in [0.15, 0.2) is 0 Å². The van der Waals surface area contributed by atoms with E-state index in [0.29, 0.717) is 0 Å². The number of aliphatic hydroxyl groups is 1. The normalized spacial score (nSPS) is 15.7. The van der Waals surface area contributed by atoms with Crippen LogP contribution >= 0.6 is 11.3 Å². The van der Waals surface area contributed by atoms with Crippen molar-refractivity contribution in [2.75, 3.05) is 18.5 Å². The summed E-state index contributed by atoms with van der Waals surface area (Å²) >= 11 is 1.63. The summed E-state index contributed by atoms with van der Waals surface area (Å²) in [5.74, 6) is 0.876. The molecule has 1 aliphatic rings. The van der Waals surface area contributed by atoms with Crippen LogP contribution in [0.3, 0.4) is 0 Å². The Labute approximate surface area is 94.8 Å². The van der Waals surface area contributed by atoms with E-state index >= 15 is 0 Å². The molecule has 4 heteroatoms. The SMILES string of the molecule is CCc1nc(N(C)CC2CC2)sc1CO. The molecule has 15 heavy (non-hydrogen) atoms. The second-order valence-corrected chi connectivity index (χ2v) is 5.26. The van der Waals surface area contributed by atoms with Crippen LogP contribution in [0.4, 0.5) is 5.13 Å². The highest BCUT2D eigenvalue weighted by molar-refractivity contribution is 7.15. The molecule has 0 atom stereocenters. The zero-order valence-electron chi connectivity index (χ0n) is 9.36. The molecule has 1 aromatic heterocycles. The van der Waals surface area contributed by atoms with Gasteiger partial charge in [0.2, 0.25) is 0 Å². The molecule has 0 bridgehead atoms. The molecule has 0 aromatic carbocycles. The van der Waals surface area contributed by atoms with Crippen molar-refractivity contribution < 1.29 is 5.11 Å². The summed E-state index contributed by atoms with van der Waals surface area (Å²) in [6, 6.07) is 0. The zero-order valence-corrected chi connectivity index (χ0v) is 10.2. The van der Waals surface area contributed by atoms with E-state index in [1.54, 1.807) is 11.3 Å². The highest BCUT2D eigenvalue weighted by Gasteiger charge is 2.24. The number of nitrogens with zero attached hydrogens (tertiary/aromatic N) is 2. The Morgan fingerprint density at radius 2 is 2.27 bits per heavy atom. The molecule has 0 amide bonds. The number of aryl methyl sites for hydroxylation is 1. The fourth-order valence-electron chi connectivity index (χ4n) is 1.70. The third kappa shape index (κ3) is 2.49. The highest BCUT2D eigenvalue weighted by atomic mass is 32.1. The lowest BCUT2D eigenvalue weighted by molar-refractivity contribution is 0.284. The highest BCUT2D eigenvalue weighted by Crippen LogP contribution is 2.33. The van der Waals surface area contributed by atoms with E-state index in [1.807, 2.05) is 0 Å². The van der Waals surface area contributed by atoms with Crippen LogP contribution in [-0.2, 0) is 13.0 Å². The molecule has 1 saturated carbocycles. The van der Waals surface area contributed by atoms with Crippen LogP contribution in [0.5, 0.6) is 0 Å². The number of anilines is 1. The van der Waals surface area contributed by atoms with Crippen molar-refractivity contribution >= 4 is 16.5 Å². The number of aromatic nitrogens is 1. The first-order valence-electron chi connectivity index (χ1n) is 5.55. The fourth-order valence-corrected chi connectivity index (χ4v) is 2.68. The van der Waals surface area contributed by atoms with Crippen LogP contribution < -0.4 is 4.90 Å². The van der Waals surface area contributed by atoms with Gasteiger partial charge in [0.15, 0.2) is 5.13 Å². The maximum atomic E-state index is 9.19. The van der Waals surface area contributed by atoms with E-state index in [4.69, 9.17) is 0 Å². The fraction of sp³-hybridized carbons (Fsp3) is 0.727. The van der Waals surface area contributed by atoms with Crippen molar-refractivity contribution in [2.24, 2.45) is 5.92 Å². The lowest BCUT2D eigenvalue weighted by Crippen LogP contribution is -2.19. The number of hydrogen-bond donors (Lipinski definition) is 1. The first kappa shape index (κ1) is 10.9. The van der Waals surface area contributed by atoms with Gasteiger partial charge in [-0.15, -0.1) is 0 Å². The van der Waals surface area contributed by atoms with Crippen LogP contribution in [-0.4, -0.2) is 23.7 Å². The van der Waals surface area contributed by atoms with E-state index in [0.717, 1.165) is 34.6 Å². The summed E-state index contributed by atoms with van der Waals surface area (Å²) in [7, 11) is 2.09. The van der Waals surface area contributed by atoms with Crippen molar-refractivity contribution in [3.05, 3.63) is 10.6 Å². The smallest absolute Gasteiger partial charge is 0.185 e. The van der Waals surface area contributed by atoms with E-state index < -0.39 is 0 Å². The maximum Gasteiger partial charge on any atom is 0.185 e. The number of hydrogen-bond acceptors (Lipinski definition) is 4. The Morgan fingerprint density at radius 1 is 1.53 bits per heavy atom. The Kier molecular flexibility index (Phi) is 3.26. The minimum atomic E-state index is 0.123. The van der Waals surface area contributed by atoms with Crippen LogP contribution in [0, 0.1) is 5.92 Å². The van der Waals surface area contributed by atoms with Crippen molar-refractivity contribution in [3.8, 4) is 0 Å². The van der Waals surface area contributed by atoms with E-state index in [-0.39, 0.29) is 6.61 Å². The van der Waals surface area contributed by atoms with Gasteiger partial charge < -0.3 is 10.0 Å². The molecular formula is C11H18N2OS. The van der Waals surface area contributed by atoms with E-state index in [2.05, 4.69) is 23.9 Å². The van der Waals surface area contributed by atoms with Crippen molar-refractivity contribution in [2.45, 2.75) is 32.8 Å². The van der Waals surface area contributed by atoms with Crippen LogP contribution in [0.1, 0.15) is 30.3 Å². The number of thiazole rings is 1. The number of aliphatic hydroxyl groups excluding tert-OH is 1. The lowest BCUT2D eigenvalue weighted by atomic mass is 10.3. The van der Waals surface area contributed by atoms with E-state index in [9.17, 15) is 5.11 Å². The lowest BCUT2D eigenvalue weighted by Gasteiger charge is -2.14. The summed E-state index contributed by atoms with van der Waals surface area (Å²) in [5.41, 5.74) is 1.06. The first-order valence-corrected chi connectivity index (χ1v) is 6.36. The summed E-state index contributed by atoms with van der Waals surface area (Å²) in [6.07, 6.45) is 3.63. The van der Waals surface area contributed by atoms with Gasteiger partial charge in [0.1, 0.15) is 0 Å². The molecule has 0 unspecified atom stereocenters. The third-order valence-electron chi connectivity index (χ3n) is 2.80. The average molecular weight is 226 g/mol. The molecule has 0 aliphatic heterocycles. The van der Waals surface area contributed by atoms with Gasteiger partial charge in [-0.05, 0) is 25.2 Å². The van der Waals surface area contributed by atoms with Gasteiger partial charge in [-0.25, -0.2) is 4.98 Å². The van der Waals surface area contributed by atoms with Gasteiger partial charge in [0.05, 0.1) is 17.2 Å². The Hall–Kier alpha value is -0.610. The van der Waals surface area contributed by atoms with Gasteiger partial charge in [-0.1, -0.05) is 18.3 Å². The zero-order chi connectivity index (χ0) is 10.8. The van der Waals surface area contributed by atoms with Gasteiger partial charge in [-0.3, -0.25) is 0 Å². The Morgan fingerprint density at radius 3 is 2.73 bits per heavy atom. The summed E-state index contributed by atoms with van der Waals surface area (Å²) in [6.45, 7) is 3.32.